The minimum Gasteiger partial charge on any atom is -0.456 e. The van der Waals surface area contributed by atoms with E-state index >= 15 is 0 Å². The first-order valence-electron chi connectivity index (χ1n) is 16.9. The Morgan fingerprint density at radius 3 is 1.92 bits per heavy atom. The molecule has 0 amide bonds. The van der Waals surface area contributed by atoms with Gasteiger partial charge in [0, 0.05) is 22.2 Å². The fourth-order valence-corrected chi connectivity index (χ4v) is 8.17. The quantitative estimate of drug-likeness (QED) is 0.195. The van der Waals surface area contributed by atoms with Crippen molar-refractivity contribution in [3.63, 3.8) is 0 Å². The number of hydrogen-bond acceptors (Lipinski definition) is 2. The third kappa shape index (κ3) is 4.05. The smallest absolute Gasteiger partial charge is 0.137 e. The van der Waals surface area contributed by atoms with Crippen LogP contribution in [0.3, 0.4) is 0 Å². The minimum absolute atomic E-state index is 0.132. The molecule has 0 unspecified atom stereocenters. The molecule has 1 aromatic heterocycles. The minimum atomic E-state index is -0.134. The van der Waals surface area contributed by atoms with Crippen LogP contribution in [0.2, 0.25) is 0 Å². The summed E-state index contributed by atoms with van der Waals surface area (Å²) in [5.41, 5.74) is 12.8. The Balaban J connectivity index is 1.32. The summed E-state index contributed by atoms with van der Waals surface area (Å²) in [4.78, 5) is 2.39. The fourth-order valence-electron chi connectivity index (χ4n) is 8.17. The summed E-state index contributed by atoms with van der Waals surface area (Å²) >= 11 is 0. The zero-order valence-electron chi connectivity index (χ0n) is 27.8. The molecule has 0 radical (unpaired) electrons. The molecule has 0 saturated heterocycles. The van der Waals surface area contributed by atoms with Gasteiger partial charge in [-0.3, -0.25) is 0 Å². The maximum atomic E-state index is 6.36. The summed E-state index contributed by atoms with van der Waals surface area (Å²) in [7, 11) is 0. The van der Waals surface area contributed by atoms with Crippen LogP contribution in [0.25, 0.3) is 55.0 Å². The van der Waals surface area contributed by atoms with E-state index in [1.165, 1.54) is 44.2 Å². The second-order valence-electron chi connectivity index (χ2n) is 14.2. The molecule has 48 heavy (non-hydrogen) atoms. The number of benzene rings is 7. The Labute approximate surface area is 281 Å². The van der Waals surface area contributed by atoms with E-state index in [9.17, 15) is 0 Å². The lowest BCUT2D eigenvalue weighted by atomic mass is 9.54. The van der Waals surface area contributed by atoms with Gasteiger partial charge in [-0.25, -0.2) is 0 Å². The number of anilines is 3. The summed E-state index contributed by atoms with van der Waals surface area (Å²) in [6.07, 6.45) is 0. The molecule has 0 saturated carbocycles. The van der Waals surface area contributed by atoms with Crippen LogP contribution in [0.4, 0.5) is 17.1 Å². The monoisotopic (exact) mass is 619 g/mol. The molecule has 8 aromatic rings. The van der Waals surface area contributed by atoms with Gasteiger partial charge in [-0.05, 0) is 92.0 Å². The highest BCUT2D eigenvalue weighted by Crippen LogP contribution is 2.57. The molecular weight excluding hydrogens is 583 g/mol. The van der Waals surface area contributed by atoms with Crippen molar-refractivity contribution in [2.24, 2.45) is 0 Å². The number of rotatable bonds is 4. The zero-order valence-corrected chi connectivity index (χ0v) is 27.8. The number of nitrogens with zero attached hydrogens (tertiary/aromatic N) is 1. The third-order valence-corrected chi connectivity index (χ3v) is 11.2. The summed E-state index contributed by atoms with van der Waals surface area (Å²) in [5.74, 6) is 0. The molecule has 0 N–H and O–H groups in total. The highest BCUT2D eigenvalue weighted by Gasteiger charge is 2.47. The van der Waals surface area contributed by atoms with Gasteiger partial charge in [0.2, 0.25) is 0 Å². The number of para-hydroxylation sites is 2. The van der Waals surface area contributed by atoms with Crippen molar-refractivity contribution < 1.29 is 4.42 Å². The predicted octanol–water partition coefficient (Wildman–Crippen LogP) is 13.1. The molecule has 1 aliphatic rings. The van der Waals surface area contributed by atoms with Crippen LogP contribution < -0.4 is 4.90 Å². The van der Waals surface area contributed by atoms with Gasteiger partial charge in [-0.15, -0.1) is 0 Å². The fraction of sp³-hybridized carbons (Fsp3) is 0.130. The van der Waals surface area contributed by atoms with Gasteiger partial charge in [-0.2, -0.15) is 0 Å². The molecular formula is C46H37NO. The number of fused-ring (bicyclic) bond motifs is 7. The molecule has 2 heteroatoms. The highest BCUT2D eigenvalue weighted by atomic mass is 16.3. The van der Waals surface area contributed by atoms with E-state index in [0.717, 1.165) is 39.0 Å². The van der Waals surface area contributed by atoms with Crippen molar-refractivity contribution >= 4 is 49.8 Å². The lowest BCUT2D eigenvalue weighted by Crippen LogP contribution is -2.44. The SMILES string of the molecule is CC1(C)c2ccc(N(c3ccccc3)c3cccc4oc5ccccc5c34)cc2-c2cccc(-c3cccc4ccccc34)c2C1(C)C. The Kier molecular flexibility index (Phi) is 6.23. The molecule has 232 valence electrons. The second kappa shape index (κ2) is 10.5. The molecule has 1 aliphatic carbocycles. The van der Waals surface area contributed by atoms with Gasteiger partial charge in [0.15, 0.2) is 0 Å². The largest absolute Gasteiger partial charge is 0.456 e. The number of furan rings is 1. The number of hydrogen-bond donors (Lipinski definition) is 0. The average Bonchev–Trinajstić information content (AvgIpc) is 3.50. The van der Waals surface area contributed by atoms with Crippen LogP contribution in [-0.4, -0.2) is 0 Å². The Hall–Kier alpha value is -5.60. The molecule has 0 fully saturated rings. The molecule has 0 aliphatic heterocycles. The lowest BCUT2D eigenvalue weighted by molar-refractivity contribution is 0.300. The van der Waals surface area contributed by atoms with Crippen LogP contribution in [0, 0.1) is 0 Å². The van der Waals surface area contributed by atoms with E-state index in [0.29, 0.717) is 0 Å². The van der Waals surface area contributed by atoms with E-state index < -0.39 is 0 Å². The predicted molar refractivity (Wildman–Crippen MR) is 203 cm³/mol. The molecule has 2 nitrogen and oxygen atoms in total. The Morgan fingerprint density at radius 1 is 0.458 bits per heavy atom. The summed E-state index contributed by atoms with van der Waals surface area (Å²) < 4.78 is 6.36. The summed E-state index contributed by atoms with van der Waals surface area (Å²) in [6.45, 7) is 9.69. The molecule has 1 heterocycles. The molecule has 9 rings (SSSR count). The van der Waals surface area contributed by atoms with E-state index in [1.807, 2.05) is 6.07 Å². The van der Waals surface area contributed by atoms with Crippen LogP contribution >= 0.6 is 0 Å². The first kappa shape index (κ1) is 28.6. The highest BCUT2D eigenvalue weighted by molar-refractivity contribution is 6.13. The van der Waals surface area contributed by atoms with Crippen molar-refractivity contribution in [3.8, 4) is 22.3 Å². The van der Waals surface area contributed by atoms with E-state index in [1.54, 1.807) is 0 Å². The van der Waals surface area contributed by atoms with Gasteiger partial charge in [0.1, 0.15) is 11.2 Å². The Bertz CT molecular complexity index is 2510. The summed E-state index contributed by atoms with van der Waals surface area (Å²) in [6, 6.07) is 54.9. The standard InChI is InChI=1S/C46H37NO/c1-45(2)39-28-27-32(47(31-17-6-5-7-18-31)40-24-14-26-42-43(40)37-20-10-11-25-41(37)48-42)29-38(39)36-23-13-22-35(44(36)46(45,3)4)34-21-12-16-30-15-8-9-19-33(30)34/h5-29H,1-4H3. The lowest BCUT2D eigenvalue weighted by Gasteiger charge is -2.49. The maximum Gasteiger partial charge on any atom is 0.137 e. The van der Waals surface area contributed by atoms with Crippen LogP contribution in [-0.2, 0) is 10.8 Å². The first-order chi connectivity index (χ1) is 23.3. The average molecular weight is 620 g/mol. The van der Waals surface area contributed by atoms with Crippen molar-refractivity contribution in [1.29, 1.82) is 0 Å². The Morgan fingerprint density at radius 2 is 1.08 bits per heavy atom. The zero-order chi connectivity index (χ0) is 32.6. The third-order valence-electron chi connectivity index (χ3n) is 11.2. The van der Waals surface area contributed by atoms with Crippen LogP contribution in [0.5, 0.6) is 0 Å². The van der Waals surface area contributed by atoms with Gasteiger partial charge in [0.05, 0.1) is 11.1 Å². The van der Waals surface area contributed by atoms with Gasteiger partial charge in [-0.1, -0.05) is 137 Å². The van der Waals surface area contributed by atoms with Gasteiger partial charge < -0.3 is 9.32 Å². The van der Waals surface area contributed by atoms with Crippen LogP contribution in [0.1, 0.15) is 38.8 Å². The van der Waals surface area contributed by atoms with Crippen molar-refractivity contribution in [2.75, 3.05) is 4.90 Å². The summed E-state index contributed by atoms with van der Waals surface area (Å²) in [5, 5.41) is 4.80. The van der Waals surface area contributed by atoms with E-state index in [4.69, 9.17) is 4.42 Å². The maximum absolute atomic E-state index is 6.36. The van der Waals surface area contributed by atoms with Crippen molar-refractivity contribution in [3.05, 3.63) is 163 Å². The first-order valence-corrected chi connectivity index (χ1v) is 16.9. The van der Waals surface area contributed by atoms with Crippen molar-refractivity contribution in [1.82, 2.24) is 0 Å². The van der Waals surface area contributed by atoms with E-state index in [2.05, 4.69) is 178 Å². The van der Waals surface area contributed by atoms with Crippen LogP contribution in [0.15, 0.2) is 156 Å². The van der Waals surface area contributed by atoms with E-state index in [-0.39, 0.29) is 10.8 Å². The van der Waals surface area contributed by atoms with Crippen molar-refractivity contribution in [2.45, 2.75) is 38.5 Å². The molecule has 0 bridgehead atoms. The molecule has 0 atom stereocenters. The van der Waals surface area contributed by atoms with Gasteiger partial charge >= 0.3 is 0 Å². The normalized spacial score (nSPS) is 14.6. The topological polar surface area (TPSA) is 16.4 Å². The molecule has 7 aromatic carbocycles. The van der Waals surface area contributed by atoms with Gasteiger partial charge in [0.25, 0.3) is 0 Å². The second-order valence-corrected chi connectivity index (χ2v) is 14.2. The molecule has 0 spiro atoms.